The van der Waals surface area contributed by atoms with Gasteiger partial charge < -0.3 is 19.2 Å². The number of benzene rings is 1. The Morgan fingerprint density at radius 3 is 2.55 bits per heavy atom. The van der Waals surface area contributed by atoms with Gasteiger partial charge in [-0.25, -0.2) is 4.79 Å². The largest absolute Gasteiger partial charge is 0.497 e. The molecule has 0 atom stereocenters. The van der Waals surface area contributed by atoms with Gasteiger partial charge in [-0.3, -0.25) is 4.79 Å². The standard InChI is InChI=1S/C14H13NO5/c1-18-11-6-4-10(5-7-11)15-13(16)9-20-14(17)12-3-2-8-19-12/h2-8H,9H2,1H3,(H,15,16). The lowest BCUT2D eigenvalue weighted by atomic mass is 10.3. The number of furan rings is 1. The highest BCUT2D eigenvalue weighted by atomic mass is 16.5. The van der Waals surface area contributed by atoms with Crippen LogP contribution < -0.4 is 10.1 Å². The monoisotopic (exact) mass is 275 g/mol. The molecule has 0 spiro atoms. The third kappa shape index (κ3) is 3.61. The van der Waals surface area contributed by atoms with Crippen molar-refractivity contribution < 1.29 is 23.5 Å². The van der Waals surface area contributed by atoms with Gasteiger partial charge >= 0.3 is 5.97 Å². The second kappa shape index (κ2) is 6.42. The Bertz CT molecular complexity index is 574. The van der Waals surface area contributed by atoms with Crippen LogP contribution in [0.25, 0.3) is 0 Å². The lowest BCUT2D eigenvalue weighted by Crippen LogP contribution is -2.20. The maximum absolute atomic E-state index is 11.6. The molecule has 0 saturated carbocycles. The minimum Gasteiger partial charge on any atom is -0.497 e. The second-order valence-corrected chi connectivity index (χ2v) is 3.83. The van der Waals surface area contributed by atoms with E-state index in [2.05, 4.69) is 5.32 Å². The molecule has 1 amide bonds. The number of rotatable bonds is 5. The number of carbonyl (C=O) groups excluding carboxylic acids is 2. The minimum atomic E-state index is -0.681. The van der Waals surface area contributed by atoms with E-state index in [0.29, 0.717) is 11.4 Å². The zero-order valence-electron chi connectivity index (χ0n) is 10.8. The summed E-state index contributed by atoms with van der Waals surface area (Å²) in [5, 5.41) is 2.59. The van der Waals surface area contributed by atoms with Gasteiger partial charge in [0.15, 0.2) is 6.61 Å². The summed E-state index contributed by atoms with van der Waals surface area (Å²) in [6.07, 6.45) is 1.36. The molecule has 0 aliphatic rings. The molecule has 2 rings (SSSR count). The molecular formula is C14H13NO5. The van der Waals surface area contributed by atoms with Crippen molar-refractivity contribution in [2.75, 3.05) is 19.0 Å². The molecule has 0 saturated heterocycles. The van der Waals surface area contributed by atoms with Crippen molar-refractivity contribution in [3.63, 3.8) is 0 Å². The van der Waals surface area contributed by atoms with Crippen molar-refractivity contribution in [3.8, 4) is 5.75 Å². The average molecular weight is 275 g/mol. The number of ether oxygens (including phenoxy) is 2. The van der Waals surface area contributed by atoms with E-state index in [1.807, 2.05) is 0 Å². The van der Waals surface area contributed by atoms with E-state index in [-0.39, 0.29) is 12.4 Å². The van der Waals surface area contributed by atoms with E-state index in [9.17, 15) is 9.59 Å². The van der Waals surface area contributed by atoms with Gasteiger partial charge in [0.2, 0.25) is 5.76 Å². The van der Waals surface area contributed by atoms with E-state index in [1.54, 1.807) is 37.4 Å². The van der Waals surface area contributed by atoms with Crippen LogP contribution in [-0.4, -0.2) is 25.6 Å². The fourth-order valence-corrected chi connectivity index (χ4v) is 1.47. The SMILES string of the molecule is COc1ccc(NC(=O)COC(=O)c2ccco2)cc1. The third-order valence-electron chi connectivity index (χ3n) is 2.43. The topological polar surface area (TPSA) is 77.8 Å². The first kappa shape index (κ1) is 13.7. The summed E-state index contributed by atoms with van der Waals surface area (Å²) in [5.74, 6) is -0.371. The summed E-state index contributed by atoms with van der Waals surface area (Å²) in [6, 6.07) is 9.82. The summed E-state index contributed by atoms with van der Waals surface area (Å²) >= 11 is 0. The van der Waals surface area contributed by atoms with Crippen molar-refractivity contribution in [1.82, 2.24) is 0 Å². The molecule has 1 aromatic heterocycles. The van der Waals surface area contributed by atoms with Crippen LogP contribution in [0.4, 0.5) is 5.69 Å². The summed E-state index contributed by atoms with van der Waals surface area (Å²) in [6.45, 7) is -0.383. The van der Waals surface area contributed by atoms with Crippen LogP contribution in [0.3, 0.4) is 0 Å². The molecule has 0 aliphatic carbocycles. The summed E-state index contributed by atoms with van der Waals surface area (Å²) in [4.78, 5) is 23.0. The van der Waals surface area contributed by atoms with Crippen LogP contribution in [0.1, 0.15) is 10.6 Å². The number of carbonyl (C=O) groups is 2. The van der Waals surface area contributed by atoms with E-state index in [0.717, 1.165) is 0 Å². The molecule has 0 aliphatic heterocycles. The Morgan fingerprint density at radius 2 is 1.95 bits per heavy atom. The van der Waals surface area contributed by atoms with Crippen LogP contribution in [0, 0.1) is 0 Å². The Labute approximate surface area is 115 Å². The number of hydrogen-bond acceptors (Lipinski definition) is 5. The molecule has 1 aromatic carbocycles. The van der Waals surface area contributed by atoms with Crippen molar-refractivity contribution in [2.45, 2.75) is 0 Å². The maximum atomic E-state index is 11.6. The van der Waals surface area contributed by atoms with Crippen LogP contribution >= 0.6 is 0 Å². The first-order valence-corrected chi connectivity index (χ1v) is 5.83. The zero-order chi connectivity index (χ0) is 14.4. The molecular weight excluding hydrogens is 262 g/mol. The van der Waals surface area contributed by atoms with Gasteiger partial charge in [0.05, 0.1) is 13.4 Å². The lowest BCUT2D eigenvalue weighted by Gasteiger charge is -2.06. The molecule has 1 N–H and O–H groups in total. The number of anilines is 1. The molecule has 20 heavy (non-hydrogen) atoms. The molecule has 0 unspecified atom stereocenters. The number of amides is 1. The van der Waals surface area contributed by atoms with E-state index < -0.39 is 11.9 Å². The van der Waals surface area contributed by atoms with Gasteiger partial charge in [-0.05, 0) is 36.4 Å². The molecule has 6 nitrogen and oxygen atoms in total. The van der Waals surface area contributed by atoms with Gasteiger partial charge in [0.1, 0.15) is 5.75 Å². The van der Waals surface area contributed by atoms with E-state index in [4.69, 9.17) is 13.9 Å². The molecule has 0 fully saturated rings. The Hall–Kier alpha value is -2.76. The van der Waals surface area contributed by atoms with Crippen LogP contribution in [0.2, 0.25) is 0 Å². The van der Waals surface area contributed by atoms with Gasteiger partial charge in [0.25, 0.3) is 5.91 Å². The number of hydrogen-bond donors (Lipinski definition) is 1. The van der Waals surface area contributed by atoms with Crippen molar-refractivity contribution in [3.05, 3.63) is 48.4 Å². The third-order valence-corrected chi connectivity index (χ3v) is 2.43. The highest BCUT2D eigenvalue weighted by molar-refractivity contribution is 5.94. The van der Waals surface area contributed by atoms with Gasteiger partial charge in [0, 0.05) is 5.69 Å². The second-order valence-electron chi connectivity index (χ2n) is 3.83. The Balaban J connectivity index is 1.81. The van der Waals surface area contributed by atoms with Gasteiger partial charge in [-0.15, -0.1) is 0 Å². The molecule has 0 radical (unpaired) electrons. The normalized spacial score (nSPS) is 9.85. The molecule has 2 aromatic rings. The minimum absolute atomic E-state index is 0.0576. The van der Waals surface area contributed by atoms with Crippen LogP contribution in [0.15, 0.2) is 47.1 Å². The fraction of sp³-hybridized carbons (Fsp3) is 0.143. The molecule has 6 heteroatoms. The molecule has 0 bridgehead atoms. The highest BCUT2D eigenvalue weighted by Gasteiger charge is 2.12. The zero-order valence-corrected chi connectivity index (χ0v) is 10.8. The first-order chi connectivity index (χ1) is 9.69. The van der Waals surface area contributed by atoms with Gasteiger partial charge in [-0.2, -0.15) is 0 Å². The van der Waals surface area contributed by atoms with Crippen LogP contribution in [0.5, 0.6) is 5.75 Å². The van der Waals surface area contributed by atoms with Crippen LogP contribution in [-0.2, 0) is 9.53 Å². The summed E-state index contributed by atoms with van der Waals surface area (Å²) < 4.78 is 14.6. The van der Waals surface area contributed by atoms with Gasteiger partial charge in [-0.1, -0.05) is 0 Å². The van der Waals surface area contributed by atoms with Crippen molar-refractivity contribution in [1.29, 1.82) is 0 Å². The number of nitrogens with one attached hydrogen (secondary N) is 1. The van der Waals surface area contributed by atoms with Crippen molar-refractivity contribution in [2.24, 2.45) is 0 Å². The fourth-order valence-electron chi connectivity index (χ4n) is 1.47. The predicted molar refractivity (Wildman–Crippen MR) is 70.6 cm³/mol. The maximum Gasteiger partial charge on any atom is 0.374 e. The average Bonchev–Trinajstić information content (AvgIpc) is 3.00. The van der Waals surface area contributed by atoms with Crippen molar-refractivity contribution >= 4 is 17.6 Å². The molecule has 104 valence electrons. The quantitative estimate of drug-likeness (QED) is 0.845. The Kier molecular flexibility index (Phi) is 4.39. The predicted octanol–water partition coefficient (Wildman–Crippen LogP) is 2.08. The summed E-state index contributed by atoms with van der Waals surface area (Å²) in [5.41, 5.74) is 0.588. The van der Waals surface area contributed by atoms with E-state index in [1.165, 1.54) is 12.3 Å². The van der Waals surface area contributed by atoms with E-state index >= 15 is 0 Å². The smallest absolute Gasteiger partial charge is 0.374 e. The Morgan fingerprint density at radius 1 is 1.20 bits per heavy atom. The highest BCUT2D eigenvalue weighted by Crippen LogP contribution is 2.14. The summed E-state index contributed by atoms with van der Waals surface area (Å²) in [7, 11) is 1.56. The first-order valence-electron chi connectivity index (χ1n) is 5.83. The molecule has 1 heterocycles. The number of methoxy groups -OCH3 is 1. The lowest BCUT2D eigenvalue weighted by molar-refractivity contribution is -0.119. The number of esters is 1.